The van der Waals surface area contributed by atoms with Crippen LogP contribution in [0.15, 0.2) is 70.7 Å². The average molecular weight is 572 g/mol. The molecule has 2 aromatic rings. The molecule has 0 unspecified atom stereocenters. The van der Waals surface area contributed by atoms with Crippen LogP contribution in [0.4, 0.5) is 11.4 Å². The fourth-order valence-electron chi connectivity index (χ4n) is 4.64. The van der Waals surface area contributed by atoms with Gasteiger partial charge >= 0.3 is 0 Å². The van der Waals surface area contributed by atoms with Gasteiger partial charge in [-0.05, 0) is 85.5 Å². The Balaban J connectivity index is 0.000000722. The second-order valence-electron chi connectivity index (χ2n) is 11.7. The summed E-state index contributed by atoms with van der Waals surface area (Å²) in [6, 6.07) is 13.2. The first kappa shape index (κ1) is 34.8. The van der Waals surface area contributed by atoms with Gasteiger partial charge in [-0.2, -0.15) is 0 Å². The summed E-state index contributed by atoms with van der Waals surface area (Å²) in [4.78, 5) is 10.3. The second-order valence-corrected chi connectivity index (χ2v) is 11.7. The molecule has 216 valence electrons. The zero-order chi connectivity index (χ0) is 28.2. The van der Waals surface area contributed by atoms with Gasteiger partial charge in [0.25, 0.3) is 0 Å². The van der Waals surface area contributed by atoms with Crippen molar-refractivity contribution in [3.05, 3.63) is 83.0 Å². The summed E-state index contributed by atoms with van der Waals surface area (Å²) in [6.45, 7) is 22.1. The van der Waals surface area contributed by atoms with Gasteiger partial charge < -0.3 is 0 Å². The van der Waals surface area contributed by atoms with E-state index in [1.54, 1.807) is 0 Å². The van der Waals surface area contributed by atoms with Gasteiger partial charge in [0, 0.05) is 16.5 Å². The number of hydrogen-bond acceptors (Lipinski definition) is 2. The molecule has 1 aliphatic carbocycles. The summed E-state index contributed by atoms with van der Waals surface area (Å²) in [6.07, 6.45) is 14.0. The predicted octanol–water partition coefficient (Wildman–Crippen LogP) is 11.7. The molecule has 39 heavy (non-hydrogen) atoms. The van der Waals surface area contributed by atoms with Crippen molar-refractivity contribution in [3.63, 3.8) is 0 Å². The predicted molar refractivity (Wildman–Crippen MR) is 172 cm³/mol. The van der Waals surface area contributed by atoms with E-state index in [4.69, 9.17) is 9.98 Å². The fraction of sp³-hybridized carbons (Fsp3) is 0.500. The van der Waals surface area contributed by atoms with E-state index in [9.17, 15) is 0 Å². The maximum Gasteiger partial charge on any atom is 0.0702 e. The molecule has 0 aromatic heterocycles. The Kier molecular flexibility index (Phi) is 15.6. The molecule has 0 bridgehead atoms. The summed E-state index contributed by atoms with van der Waals surface area (Å²) in [7, 11) is 0. The number of nitrogens with zero attached hydrogens (tertiary/aromatic N) is 2. The van der Waals surface area contributed by atoms with Crippen molar-refractivity contribution in [3.8, 4) is 0 Å². The van der Waals surface area contributed by atoms with Crippen LogP contribution in [-0.4, -0.2) is 11.4 Å². The topological polar surface area (TPSA) is 24.7 Å². The summed E-state index contributed by atoms with van der Waals surface area (Å²) in [5.74, 6) is 1.73. The number of hydrogen-bond donors (Lipinski definition) is 0. The maximum absolute atomic E-state index is 5.13. The standard InChI is InChI=1S/C28H40N2.C8H12.Ni/c1-17(2)23-13-11-14-24(18(3)4)27(23)29-21(9)22(10)30-28-25(19(5)6)15-12-16-26(28)20(7)8;1-2-4-6-8-7-5-3-1;/h11-20H,1-10H3;1-2,7-8H,3-6H2;/b;2-1-,8-7-;. The van der Waals surface area contributed by atoms with Gasteiger partial charge in [-0.3, -0.25) is 9.98 Å². The molecular formula is C36H52N2Ni. The Morgan fingerprint density at radius 3 is 0.923 bits per heavy atom. The molecule has 1 aliphatic rings. The van der Waals surface area contributed by atoms with Crippen molar-refractivity contribution < 1.29 is 16.5 Å². The normalized spacial score (nSPS) is 15.9. The monoisotopic (exact) mass is 570 g/mol. The zero-order valence-electron chi connectivity index (χ0n) is 26.1. The van der Waals surface area contributed by atoms with E-state index in [2.05, 4.69) is 130 Å². The van der Waals surface area contributed by atoms with Crippen molar-refractivity contribution in [1.82, 2.24) is 0 Å². The van der Waals surface area contributed by atoms with Gasteiger partial charge in [-0.1, -0.05) is 116 Å². The number of aliphatic imine (C=N–C) groups is 2. The molecule has 0 N–H and O–H groups in total. The third-order valence-electron chi connectivity index (χ3n) is 7.10. The number of rotatable bonds is 7. The van der Waals surface area contributed by atoms with Crippen LogP contribution in [0.5, 0.6) is 0 Å². The molecule has 0 radical (unpaired) electrons. The van der Waals surface area contributed by atoms with Crippen molar-refractivity contribution in [2.24, 2.45) is 9.98 Å². The van der Waals surface area contributed by atoms with Crippen LogP contribution in [-0.2, 0) is 16.5 Å². The molecule has 0 saturated carbocycles. The largest absolute Gasteiger partial charge is 0.251 e. The van der Waals surface area contributed by atoms with Crippen molar-refractivity contribution >= 4 is 22.8 Å². The van der Waals surface area contributed by atoms with Gasteiger partial charge in [-0.15, -0.1) is 0 Å². The average Bonchev–Trinajstić information content (AvgIpc) is 2.83. The molecule has 2 aromatic carbocycles. The van der Waals surface area contributed by atoms with Crippen LogP contribution in [0.25, 0.3) is 0 Å². The number of benzene rings is 2. The van der Waals surface area contributed by atoms with E-state index in [1.165, 1.54) is 47.9 Å². The first-order valence-electron chi connectivity index (χ1n) is 14.7. The molecule has 0 atom stereocenters. The number of para-hydroxylation sites is 2. The second kappa shape index (κ2) is 17.4. The molecule has 3 rings (SSSR count). The van der Waals surface area contributed by atoms with E-state index in [0.717, 1.165) is 22.8 Å². The summed E-state index contributed by atoms with van der Waals surface area (Å²) >= 11 is 0. The number of allylic oxidation sites excluding steroid dienone is 4. The van der Waals surface area contributed by atoms with Crippen LogP contribution < -0.4 is 0 Å². The van der Waals surface area contributed by atoms with Gasteiger partial charge in [0.1, 0.15) is 0 Å². The van der Waals surface area contributed by atoms with Gasteiger partial charge in [0.15, 0.2) is 0 Å². The molecule has 0 saturated heterocycles. The molecule has 0 spiro atoms. The maximum atomic E-state index is 5.13. The zero-order valence-corrected chi connectivity index (χ0v) is 27.1. The minimum Gasteiger partial charge on any atom is -0.251 e. The third kappa shape index (κ3) is 10.7. The smallest absolute Gasteiger partial charge is 0.0702 e. The first-order chi connectivity index (χ1) is 18.0. The minimum atomic E-state index is 0. The molecule has 0 aliphatic heterocycles. The van der Waals surface area contributed by atoms with Crippen LogP contribution in [0.3, 0.4) is 0 Å². The molecule has 0 amide bonds. The minimum absolute atomic E-state index is 0. The van der Waals surface area contributed by atoms with E-state index < -0.39 is 0 Å². The summed E-state index contributed by atoms with van der Waals surface area (Å²) < 4.78 is 0. The van der Waals surface area contributed by atoms with Gasteiger partial charge in [0.05, 0.1) is 22.8 Å². The van der Waals surface area contributed by atoms with Crippen LogP contribution in [0.1, 0.15) is 141 Å². The Bertz CT molecular complexity index is 991. The Labute approximate surface area is 250 Å². The third-order valence-corrected chi connectivity index (χ3v) is 7.10. The van der Waals surface area contributed by atoms with Gasteiger partial charge in [0.2, 0.25) is 0 Å². The first-order valence-corrected chi connectivity index (χ1v) is 14.7. The van der Waals surface area contributed by atoms with E-state index in [-0.39, 0.29) is 16.5 Å². The van der Waals surface area contributed by atoms with Crippen molar-refractivity contribution in [2.45, 2.75) is 119 Å². The fourth-order valence-corrected chi connectivity index (χ4v) is 4.64. The Morgan fingerprint density at radius 2 is 0.718 bits per heavy atom. The summed E-state index contributed by atoms with van der Waals surface area (Å²) in [5.41, 5.74) is 9.43. The van der Waals surface area contributed by atoms with Crippen LogP contribution in [0, 0.1) is 0 Å². The van der Waals surface area contributed by atoms with Gasteiger partial charge in [-0.25, -0.2) is 0 Å². The van der Waals surface area contributed by atoms with E-state index >= 15 is 0 Å². The van der Waals surface area contributed by atoms with E-state index in [1.807, 2.05) is 0 Å². The molecular weight excluding hydrogens is 519 g/mol. The Hall–Kier alpha value is -2.25. The van der Waals surface area contributed by atoms with Crippen LogP contribution in [0.2, 0.25) is 0 Å². The van der Waals surface area contributed by atoms with Crippen LogP contribution >= 0.6 is 0 Å². The molecule has 3 heteroatoms. The Morgan fingerprint density at radius 1 is 0.487 bits per heavy atom. The molecule has 0 heterocycles. The molecule has 2 nitrogen and oxygen atoms in total. The van der Waals surface area contributed by atoms with Crippen molar-refractivity contribution in [1.29, 1.82) is 0 Å². The molecule has 0 fully saturated rings. The van der Waals surface area contributed by atoms with E-state index in [0.29, 0.717) is 23.7 Å². The summed E-state index contributed by atoms with van der Waals surface area (Å²) in [5, 5.41) is 0. The SMILES string of the molecule is C1=C\CC/C=C\CC/1.CC(=Nc1c(C(C)C)cccc1C(C)C)C(C)=Nc1c(C(C)C)cccc1C(C)C.[Ni]. The quantitative estimate of drug-likeness (QED) is 0.179. The van der Waals surface area contributed by atoms with Crippen molar-refractivity contribution in [2.75, 3.05) is 0 Å².